The van der Waals surface area contributed by atoms with E-state index in [2.05, 4.69) is 15.1 Å². The molecule has 0 amide bonds. The largest absolute Gasteiger partial charge is 0.472 e. The summed E-state index contributed by atoms with van der Waals surface area (Å²) in [6.07, 6.45) is 6.73. The molecule has 3 N–H and O–H groups in total. The van der Waals surface area contributed by atoms with Crippen LogP contribution in [-0.4, -0.2) is 28.8 Å². The lowest BCUT2D eigenvalue weighted by molar-refractivity contribution is 0.152. The van der Waals surface area contributed by atoms with Gasteiger partial charge >= 0.3 is 0 Å². The number of oxime groups is 1. The first kappa shape index (κ1) is 12.4. The molecule has 0 aliphatic rings. The van der Waals surface area contributed by atoms with Crippen LogP contribution in [0.2, 0.25) is 0 Å². The van der Waals surface area contributed by atoms with Gasteiger partial charge < -0.3 is 20.0 Å². The summed E-state index contributed by atoms with van der Waals surface area (Å²) < 4.78 is 5.11. The molecule has 20 heavy (non-hydrogen) atoms. The minimum atomic E-state index is 0.364. The van der Waals surface area contributed by atoms with Crippen LogP contribution in [0.5, 0.6) is 0 Å². The number of H-pyrrole nitrogens is 1. The Morgan fingerprint density at radius 1 is 1.45 bits per heavy atom. The molecule has 3 aromatic rings. The molecule has 0 atom stereocenters. The number of nitrogens with two attached hydrogens (primary N) is 1. The summed E-state index contributed by atoms with van der Waals surface area (Å²) in [6, 6.07) is 5.76. The van der Waals surface area contributed by atoms with E-state index in [1.54, 1.807) is 24.9 Å². The van der Waals surface area contributed by atoms with E-state index in [0.29, 0.717) is 18.9 Å². The number of fused-ring (bicyclic) bond motifs is 1. The van der Waals surface area contributed by atoms with Crippen molar-refractivity contribution in [3.63, 3.8) is 0 Å². The highest BCUT2D eigenvalue weighted by Gasteiger charge is 2.12. The van der Waals surface area contributed by atoms with Crippen molar-refractivity contribution in [1.82, 2.24) is 9.97 Å². The average molecular weight is 270 g/mol. The van der Waals surface area contributed by atoms with Gasteiger partial charge in [-0.1, -0.05) is 5.16 Å². The maximum Gasteiger partial charge on any atom is 0.136 e. The highest BCUT2D eigenvalue weighted by Crippen LogP contribution is 2.17. The van der Waals surface area contributed by atoms with Crippen LogP contribution in [0.1, 0.15) is 11.3 Å². The first-order valence-corrected chi connectivity index (χ1v) is 6.24. The summed E-state index contributed by atoms with van der Waals surface area (Å²) >= 11 is 0. The number of nitrogens with one attached hydrogen (secondary N) is 1. The predicted octanol–water partition coefficient (Wildman–Crippen LogP) is 1.88. The molecule has 0 fully saturated rings. The van der Waals surface area contributed by atoms with Crippen molar-refractivity contribution in [1.29, 1.82) is 0 Å². The molecule has 0 spiro atoms. The van der Waals surface area contributed by atoms with Crippen molar-refractivity contribution in [3.8, 4) is 0 Å². The lowest BCUT2D eigenvalue weighted by atomic mass is 10.1. The van der Waals surface area contributed by atoms with Crippen molar-refractivity contribution < 1.29 is 9.25 Å². The van der Waals surface area contributed by atoms with Crippen molar-refractivity contribution in [3.05, 3.63) is 54.4 Å². The molecule has 0 radical (unpaired) electrons. The molecule has 0 unspecified atom stereocenters. The number of pyridine rings is 1. The fraction of sp³-hybridized carbons (Fsp3) is 0.143. The fourth-order valence-corrected chi connectivity index (χ4v) is 1.92. The van der Waals surface area contributed by atoms with Gasteiger partial charge in [-0.2, -0.15) is 0 Å². The van der Waals surface area contributed by atoms with Crippen LogP contribution >= 0.6 is 0 Å². The molecule has 0 bridgehead atoms. The second kappa shape index (κ2) is 5.58. The molecule has 6 heteroatoms. The number of furan rings is 1. The molecular formula is C14H14N4O2. The Morgan fingerprint density at radius 3 is 3.15 bits per heavy atom. The smallest absolute Gasteiger partial charge is 0.136 e. The Hall–Kier alpha value is -2.60. The summed E-state index contributed by atoms with van der Waals surface area (Å²) in [6.45, 7) is 0.780. The third-order valence-electron chi connectivity index (χ3n) is 2.84. The molecule has 6 nitrogen and oxygen atoms in total. The fourth-order valence-electron chi connectivity index (χ4n) is 1.92. The second-order valence-corrected chi connectivity index (χ2v) is 4.22. The zero-order valence-electron chi connectivity index (χ0n) is 10.7. The number of hydrogen-bond acceptors (Lipinski definition) is 5. The summed E-state index contributed by atoms with van der Waals surface area (Å²) in [5.74, 6) is 0. The number of hydrogen-bond donors (Lipinski definition) is 2. The van der Waals surface area contributed by atoms with Gasteiger partial charge in [0.25, 0.3) is 0 Å². The number of aromatic nitrogens is 2. The van der Waals surface area contributed by atoms with Crippen molar-refractivity contribution in [2.75, 3.05) is 13.2 Å². The molecule has 0 aliphatic carbocycles. The first-order chi connectivity index (χ1) is 9.88. The molecule has 0 saturated heterocycles. The Balaban J connectivity index is 2.02. The van der Waals surface area contributed by atoms with Gasteiger partial charge in [-0.05, 0) is 18.2 Å². The van der Waals surface area contributed by atoms with E-state index in [-0.39, 0.29) is 0 Å². The third-order valence-corrected chi connectivity index (χ3v) is 2.84. The van der Waals surface area contributed by atoms with E-state index in [9.17, 15) is 0 Å². The van der Waals surface area contributed by atoms with Crippen molar-refractivity contribution in [2.45, 2.75) is 0 Å². The zero-order valence-corrected chi connectivity index (χ0v) is 10.7. The van der Waals surface area contributed by atoms with E-state index in [1.807, 2.05) is 18.2 Å². The molecule has 3 heterocycles. The molecule has 3 rings (SSSR count). The summed E-state index contributed by atoms with van der Waals surface area (Å²) in [4.78, 5) is 12.6. The SMILES string of the molecule is NCCON=C(c1ccoc1)c1cc2ccncc2[nH]1. The first-order valence-electron chi connectivity index (χ1n) is 6.24. The number of rotatable bonds is 5. The Bertz CT molecular complexity index is 683. The van der Waals surface area contributed by atoms with Crippen LogP contribution in [0.15, 0.2) is 52.7 Å². The Labute approximate surface area is 115 Å². The van der Waals surface area contributed by atoms with E-state index in [1.165, 1.54) is 0 Å². The highest BCUT2D eigenvalue weighted by atomic mass is 16.6. The molecular weight excluding hydrogens is 256 g/mol. The normalized spacial score (nSPS) is 11.9. The van der Waals surface area contributed by atoms with Crippen LogP contribution in [0.4, 0.5) is 0 Å². The van der Waals surface area contributed by atoms with Crippen molar-refractivity contribution >= 4 is 16.6 Å². The van der Waals surface area contributed by atoms with Crippen molar-refractivity contribution in [2.24, 2.45) is 10.9 Å². The maximum atomic E-state index is 5.40. The number of nitrogens with zero attached hydrogens (tertiary/aromatic N) is 2. The molecule has 3 aromatic heterocycles. The highest BCUT2D eigenvalue weighted by molar-refractivity contribution is 6.13. The van der Waals surface area contributed by atoms with Crippen LogP contribution in [-0.2, 0) is 4.84 Å². The molecule has 0 aliphatic heterocycles. The average Bonchev–Trinajstić information content (AvgIpc) is 3.12. The van der Waals surface area contributed by atoms with E-state index >= 15 is 0 Å². The third kappa shape index (κ3) is 2.41. The van der Waals surface area contributed by atoms with Gasteiger partial charge in [-0.3, -0.25) is 4.98 Å². The monoisotopic (exact) mass is 270 g/mol. The second-order valence-electron chi connectivity index (χ2n) is 4.22. The van der Waals surface area contributed by atoms with Gasteiger partial charge in [0.2, 0.25) is 0 Å². The molecule has 102 valence electrons. The van der Waals surface area contributed by atoms with Gasteiger partial charge in [0.05, 0.1) is 29.9 Å². The van der Waals surface area contributed by atoms with E-state index < -0.39 is 0 Å². The van der Waals surface area contributed by atoms with E-state index in [0.717, 1.165) is 22.2 Å². The number of aromatic amines is 1. The van der Waals surface area contributed by atoms with Crippen LogP contribution in [0.25, 0.3) is 10.9 Å². The zero-order chi connectivity index (χ0) is 13.8. The molecule has 0 aromatic carbocycles. The van der Waals surface area contributed by atoms with Gasteiger partial charge in [0.1, 0.15) is 12.3 Å². The van der Waals surface area contributed by atoms with Gasteiger partial charge in [-0.25, -0.2) is 0 Å². The minimum Gasteiger partial charge on any atom is -0.472 e. The van der Waals surface area contributed by atoms with E-state index in [4.69, 9.17) is 15.0 Å². The minimum absolute atomic E-state index is 0.364. The Kier molecular flexibility index (Phi) is 3.47. The van der Waals surface area contributed by atoms with Crippen LogP contribution in [0.3, 0.4) is 0 Å². The maximum absolute atomic E-state index is 5.40. The quantitative estimate of drug-likeness (QED) is 0.421. The lowest BCUT2D eigenvalue weighted by Crippen LogP contribution is -2.09. The topological polar surface area (TPSA) is 89.4 Å². The summed E-state index contributed by atoms with van der Waals surface area (Å²) in [5.41, 5.74) is 8.69. The summed E-state index contributed by atoms with van der Waals surface area (Å²) in [7, 11) is 0. The molecule has 0 saturated carbocycles. The van der Waals surface area contributed by atoms with Gasteiger partial charge in [-0.15, -0.1) is 0 Å². The Morgan fingerprint density at radius 2 is 2.40 bits per heavy atom. The lowest BCUT2D eigenvalue weighted by Gasteiger charge is -2.02. The van der Waals surface area contributed by atoms with Crippen LogP contribution < -0.4 is 5.73 Å². The van der Waals surface area contributed by atoms with Gasteiger partial charge in [0.15, 0.2) is 0 Å². The van der Waals surface area contributed by atoms with Gasteiger partial charge in [0, 0.05) is 23.7 Å². The van der Waals surface area contributed by atoms with Crippen LogP contribution in [0, 0.1) is 0 Å². The standard InChI is InChI=1S/C14H14N4O2/c15-3-6-20-18-14(11-2-5-19-9-11)12-7-10-1-4-16-8-13(10)17-12/h1-2,4-5,7-9,17H,3,6,15H2. The summed E-state index contributed by atoms with van der Waals surface area (Å²) in [5, 5.41) is 5.21. The predicted molar refractivity (Wildman–Crippen MR) is 75.4 cm³/mol.